The normalized spacial score (nSPS) is 10.5. The summed E-state index contributed by atoms with van der Waals surface area (Å²) in [5, 5.41) is 25.5. The summed E-state index contributed by atoms with van der Waals surface area (Å²) in [5.74, 6) is 0.194. The average Bonchev–Trinajstić information content (AvgIpc) is 3.05. The fourth-order valence-electron chi connectivity index (χ4n) is 1.97. The van der Waals surface area contributed by atoms with Crippen molar-refractivity contribution in [3.05, 3.63) is 67.7 Å². The molecule has 120 valence electrons. The molecule has 0 aliphatic rings. The molecule has 0 aliphatic carbocycles. The summed E-state index contributed by atoms with van der Waals surface area (Å²) in [4.78, 5) is 24.5. The number of hydrogen-bond acceptors (Lipinski definition) is 7. The number of halogens is 1. The fraction of sp³-hybridized carbons (Fsp3) is 0. The van der Waals surface area contributed by atoms with Gasteiger partial charge in [-0.2, -0.15) is 4.98 Å². The van der Waals surface area contributed by atoms with Crippen LogP contribution in [0.4, 0.5) is 11.4 Å². The Bertz CT molecular complexity index is 939. The lowest BCUT2D eigenvalue weighted by Crippen LogP contribution is -1.89. The average molecular weight is 347 g/mol. The second-order valence-corrected chi connectivity index (χ2v) is 5.06. The lowest BCUT2D eigenvalue weighted by atomic mass is 10.2. The van der Waals surface area contributed by atoms with E-state index in [1.165, 1.54) is 42.5 Å². The highest BCUT2D eigenvalue weighted by atomic mass is 35.5. The molecular formula is C14H7ClN4O5. The van der Waals surface area contributed by atoms with Crippen molar-refractivity contribution in [3.8, 4) is 22.8 Å². The van der Waals surface area contributed by atoms with Crippen LogP contribution in [0, 0.1) is 20.2 Å². The van der Waals surface area contributed by atoms with Gasteiger partial charge in [-0.1, -0.05) is 16.8 Å². The highest BCUT2D eigenvalue weighted by molar-refractivity contribution is 6.33. The van der Waals surface area contributed by atoms with Gasteiger partial charge in [-0.05, 0) is 18.2 Å². The van der Waals surface area contributed by atoms with Crippen molar-refractivity contribution in [2.24, 2.45) is 0 Å². The van der Waals surface area contributed by atoms with E-state index in [0.717, 1.165) is 0 Å². The minimum absolute atomic E-state index is 0.0112. The SMILES string of the molecule is O=[N+]([O-])c1ccc(-c2noc(-c3cc([N+](=O)[O-])ccc3Cl)n2)cc1. The van der Waals surface area contributed by atoms with E-state index in [2.05, 4.69) is 10.1 Å². The Hall–Kier alpha value is -3.33. The molecule has 9 nitrogen and oxygen atoms in total. The Labute approximate surface area is 138 Å². The fourth-order valence-corrected chi connectivity index (χ4v) is 2.17. The third kappa shape index (κ3) is 2.92. The number of rotatable bonds is 4. The van der Waals surface area contributed by atoms with Crippen LogP contribution in [0.5, 0.6) is 0 Å². The van der Waals surface area contributed by atoms with Crippen molar-refractivity contribution in [1.29, 1.82) is 0 Å². The zero-order valence-electron chi connectivity index (χ0n) is 11.7. The summed E-state index contributed by atoms with van der Waals surface area (Å²) in [7, 11) is 0. The van der Waals surface area contributed by atoms with Crippen LogP contribution in [0.25, 0.3) is 22.8 Å². The van der Waals surface area contributed by atoms with Crippen molar-refractivity contribution < 1.29 is 14.4 Å². The molecule has 3 aromatic rings. The van der Waals surface area contributed by atoms with Gasteiger partial charge in [-0.15, -0.1) is 0 Å². The standard InChI is InChI=1S/C14H7ClN4O5/c15-12-6-5-10(19(22)23)7-11(12)14-16-13(17-24-14)8-1-3-9(4-2-8)18(20)21/h1-7H. The van der Waals surface area contributed by atoms with Gasteiger partial charge in [0.25, 0.3) is 17.3 Å². The van der Waals surface area contributed by atoms with E-state index in [9.17, 15) is 20.2 Å². The van der Waals surface area contributed by atoms with Gasteiger partial charge in [0, 0.05) is 29.8 Å². The van der Waals surface area contributed by atoms with Crippen LogP contribution < -0.4 is 0 Å². The summed E-state index contributed by atoms with van der Waals surface area (Å²) in [6.45, 7) is 0. The minimum Gasteiger partial charge on any atom is -0.334 e. The van der Waals surface area contributed by atoms with E-state index < -0.39 is 9.85 Å². The summed E-state index contributed by atoms with van der Waals surface area (Å²) in [6.07, 6.45) is 0. The Balaban J connectivity index is 1.97. The minimum atomic E-state index is -0.562. The molecular weight excluding hydrogens is 340 g/mol. The van der Waals surface area contributed by atoms with Crippen LogP contribution in [0.15, 0.2) is 47.0 Å². The summed E-state index contributed by atoms with van der Waals surface area (Å²) >= 11 is 6.02. The predicted molar refractivity (Wildman–Crippen MR) is 83.5 cm³/mol. The highest BCUT2D eigenvalue weighted by Crippen LogP contribution is 2.31. The summed E-state index contributed by atoms with van der Waals surface area (Å²) in [6, 6.07) is 9.43. The van der Waals surface area contributed by atoms with Crippen molar-refractivity contribution in [3.63, 3.8) is 0 Å². The van der Waals surface area contributed by atoms with Crippen molar-refractivity contribution >= 4 is 23.0 Å². The maximum Gasteiger partial charge on any atom is 0.270 e. The Morgan fingerprint density at radius 3 is 2.21 bits per heavy atom. The van der Waals surface area contributed by atoms with Crippen molar-refractivity contribution in [1.82, 2.24) is 10.1 Å². The Morgan fingerprint density at radius 1 is 0.958 bits per heavy atom. The molecule has 10 heteroatoms. The van der Waals surface area contributed by atoms with Gasteiger partial charge < -0.3 is 4.52 Å². The van der Waals surface area contributed by atoms with Crippen LogP contribution >= 0.6 is 11.6 Å². The third-order valence-corrected chi connectivity index (χ3v) is 3.48. The van der Waals surface area contributed by atoms with Gasteiger partial charge in [0.1, 0.15) is 0 Å². The van der Waals surface area contributed by atoms with Crippen LogP contribution in [0.1, 0.15) is 0 Å². The number of benzene rings is 2. The van der Waals surface area contributed by atoms with Crippen LogP contribution in [-0.4, -0.2) is 20.0 Å². The third-order valence-electron chi connectivity index (χ3n) is 3.15. The molecule has 0 atom stereocenters. The first kappa shape index (κ1) is 15.6. The first-order valence-corrected chi connectivity index (χ1v) is 6.86. The van der Waals surface area contributed by atoms with E-state index in [1.54, 1.807) is 0 Å². The number of hydrogen-bond donors (Lipinski definition) is 0. The molecule has 24 heavy (non-hydrogen) atoms. The van der Waals surface area contributed by atoms with Gasteiger partial charge >= 0.3 is 0 Å². The maximum absolute atomic E-state index is 10.9. The van der Waals surface area contributed by atoms with E-state index in [1.807, 2.05) is 0 Å². The Morgan fingerprint density at radius 2 is 1.58 bits per heavy atom. The first-order valence-electron chi connectivity index (χ1n) is 6.48. The molecule has 1 heterocycles. The predicted octanol–water partition coefficient (Wildman–Crippen LogP) is 3.87. The van der Waals surface area contributed by atoms with E-state index in [0.29, 0.717) is 5.56 Å². The lowest BCUT2D eigenvalue weighted by molar-refractivity contribution is -0.385. The topological polar surface area (TPSA) is 125 Å². The molecule has 0 saturated heterocycles. The smallest absolute Gasteiger partial charge is 0.270 e. The summed E-state index contributed by atoms with van der Waals surface area (Å²) < 4.78 is 5.10. The molecule has 0 fully saturated rings. The molecule has 0 unspecified atom stereocenters. The molecule has 0 saturated carbocycles. The molecule has 0 N–H and O–H groups in total. The second kappa shape index (κ2) is 6.05. The molecule has 0 aliphatic heterocycles. The Kier molecular flexibility index (Phi) is 3.92. The number of aromatic nitrogens is 2. The molecule has 0 amide bonds. The molecule has 1 aromatic heterocycles. The zero-order chi connectivity index (χ0) is 17.3. The van der Waals surface area contributed by atoms with Crippen LogP contribution in [0.3, 0.4) is 0 Å². The van der Waals surface area contributed by atoms with Gasteiger partial charge in [-0.3, -0.25) is 20.2 Å². The second-order valence-electron chi connectivity index (χ2n) is 4.65. The molecule has 0 spiro atoms. The summed E-state index contributed by atoms with van der Waals surface area (Å²) in [5.41, 5.74) is 0.498. The maximum atomic E-state index is 10.9. The quantitative estimate of drug-likeness (QED) is 0.518. The van der Waals surface area contributed by atoms with E-state index in [-0.39, 0.29) is 33.7 Å². The van der Waals surface area contributed by atoms with Crippen LogP contribution in [0.2, 0.25) is 5.02 Å². The van der Waals surface area contributed by atoms with Crippen molar-refractivity contribution in [2.75, 3.05) is 0 Å². The lowest BCUT2D eigenvalue weighted by Gasteiger charge is -1.98. The van der Waals surface area contributed by atoms with Crippen LogP contribution in [-0.2, 0) is 0 Å². The molecule has 2 aromatic carbocycles. The van der Waals surface area contributed by atoms with E-state index >= 15 is 0 Å². The largest absolute Gasteiger partial charge is 0.334 e. The number of nitro benzene ring substituents is 2. The molecule has 3 rings (SSSR count). The number of nitrogens with zero attached hydrogens (tertiary/aromatic N) is 4. The highest BCUT2D eigenvalue weighted by Gasteiger charge is 2.18. The van der Waals surface area contributed by atoms with Gasteiger partial charge in [-0.25, -0.2) is 0 Å². The van der Waals surface area contributed by atoms with Gasteiger partial charge in [0.2, 0.25) is 5.82 Å². The first-order chi connectivity index (χ1) is 11.5. The molecule has 0 radical (unpaired) electrons. The van der Waals surface area contributed by atoms with Crippen molar-refractivity contribution in [2.45, 2.75) is 0 Å². The van der Waals surface area contributed by atoms with E-state index in [4.69, 9.17) is 16.1 Å². The van der Waals surface area contributed by atoms with Gasteiger partial charge in [0.15, 0.2) is 0 Å². The number of non-ortho nitro benzene ring substituents is 2. The zero-order valence-corrected chi connectivity index (χ0v) is 12.5. The monoisotopic (exact) mass is 346 g/mol. The molecule has 0 bridgehead atoms. The van der Waals surface area contributed by atoms with Gasteiger partial charge in [0.05, 0.1) is 20.4 Å². The number of nitro groups is 2.